The molecule has 134 valence electrons. The zero-order valence-corrected chi connectivity index (χ0v) is 14.6. The van der Waals surface area contributed by atoms with Gasteiger partial charge in [0.2, 0.25) is 10.0 Å². The predicted molar refractivity (Wildman–Crippen MR) is 91.0 cm³/mol. The van der Waals surface area contributed by atoms with Crippen molar-refractivity contribution in [1.82, 2.24) is 4.72 Å². The minimum atomic E-state index is -3.70. The Hall–Kier alpha value is -1.64. The number of anilines is 1. The van der Waals surface area contributed by atoms with Crippen LogP contribution in [-0.4, -0.2) is 45.3 Å². The number of unbranched alkanes of at least 4 members (excludes halogenated alkanes) is 1. The van der Waals surface area contributed by atoms with Gasteiger partial charge < -0.3 is 15.2 Å². The molecule has 1 aromatic carbocycles. The van der Waals surface area contributed by atoms with Crippen LogP contribution in [0, 0.1) is 0 Å². The van der Waals surface area contributed by atoms with Gasteiger partial charge in [-0.25, -0.2) is 17.9 Å². The van der Waals surface area contributed by atoms with Crippen LogP contribution in [0.2, 0.25) is 0 Å². The van der Waals surface area contributed by atoms with Gasteiger partial charge in [0.25, 0.3) is 0 Å². The highest BCUT2D eigenvalue weighted by Gasteiger charge is 2.20. The van der Waals surface area contributed by atoms with Gasteiger partial charge in [-0.2, -0.15) is 0 Å². The summed E-state index contributed by atoms with van der Waals surface area (Å²) in [7, 11) is -3.70. The van der Waals surface area contributed by atoms with Crippen molar-refractivity contribution in [3.05, 3.63) is 23.8 Å². The minimum Gasteiger partial charge on any atom is -0.478 e. The van der Waals surface area contributed by atoms with Gasteiger partial charge in [0.05, 0.1) is 16.6 Å². The average Bonchev–Trinajstić information content (AvgIpc) is 3.06. The highest BCUT2D eigenvalue weighted by molar-refractivity contribution is 7.89. The Kier molecular flexibility index (Phi) is 6.59. The maximum Gasteiger partial charge on any atom is 0.337 e. The van der Waals surface area contributed by atoms with E-state index in [1.165, 1.54) is 18.2 Å². The fraction of sp³-hybridized carbons (Fsp3) is 0.562. The molecule has 0 amide bonds. The molecule has 24 heavy (non-hydrogen) atoms. The topological polar surface area (TPSA) is 105 Å². The summed E-state index contributed by atoms with van der Waals surface area (Å²) in [5, 5.41) is 12.4. The maximum absolute atomic E-state index is 12.2. The third kappa shape index (κ3) is 4.93. The second kappa shape index (κ2) is 8.46. The molecule has 1 aliphatic rings. The summed E-state index contributed by atoms with van der Waals surface area (Å²) in [4.78, 5) is 11.4. The number of rotatable bonds is 9. The monoisotopic (exact) mass is 356 g/mol. The van der Waals surface area contributed by atoms with E-state index in [9.17, 15) is 18.3 Å². The number of carboxylic acid groups (broad SMARTS) is 1. The molecule has 1 fully saturated rings. The number of sulfonamides is 1. The summed E-state index contributed by atoms with van der Waals surface area (Å²) in [6, 6.07) is 4.10. The van der Waals surface area contributed by atoms with Crippen molar-refractivity contribution in [1.29, 1.82) is 0 Å². The summed E-state index contributed by atoms with van der Waals surface area (Å²) >= 11 is 0. The molecule has 0 spiro atoms. The van der Waals surface area contributed by atoms with Crippen LogP contribution in [0.1, 0.15) is 43.0 Å². The van der Waals surface area contributed by atoms with E-state index < -0.39 is 16.0 Å². The molecule has 3 N–H and O–H groups in total. The van der Waals surface area contributed by atoms with Crippen LogP contribution < -0.4 is 10.0 Å². The van der Waals surface area contributed by atoms with Crippen molar-refractivity contribution >= 4 is 21.7 Å². The lowest BCUT2D eigenvalue weighted by molar-refractivity contribution is 0.0697. The third-order valence-corrected chi connectivity index (χ3v) is 5.36. The zero-order valence-electron chi connectivity index (χ0n) is 13.7. The van der Waals surface area contributed by atoms with E-state index >= 15 is 0 Å². The second-order valence-electron chi connectivity index (χ2n) is 5.78. The Labute approximate surface area is 142 Å². The molecule has 0 radical (unpaired) electrons. The number of benzene rings is 1. The van der Waals surface area contributed by atoms with Crippen LogP contribution >= 0.6 is 0 Å². The second-order valence-corrected chi connectivity index (χ2v) is 7.55. The van der Waals surface area contributed by atoms with Crippen molar-refractivity contribution in [2.24, 2.45) is 0 Å². The summed E-state index contributed by atoms with van der Waals surface area (Å²) in [5.41, 5.74) is 0.330. The SMILES string of the molecule is CCCCNS(=O)(=O)c1ccc(NC[C@@H]2CCCO2)c(C(=O)O)c1. The Morgan fingerprint density at radius 3 is 2.83 bits per heavy atom. The van der Waals surface area contributed by atoms with E-state index in [-0.39, 0.29) is 16.6 Å². The van der Waals surface area contributed by atoms with Gasteiger partial charge >= 0.3 is 5.97 Å². The number of ether oxygens (including phenoxy) is 1. The molecular weight excluding hydrogens is 332 g/mol. The molecule has 0 aromatic heterocycles. The first-order valence-corrected chi connectivity index (χ1v) is 9.65. The van der Waals surface area contributed by atoms with E-state index in [0.29, 0.717) is 18.8 Å². The van der Waals surface area contributed by atoms with E-state index in [0.717, 1.165) is 32.3 Å². The van der Waals surface area contributed by atoms with Gasteiger partial charge in [-0.1, -0.05) is 13.3 Å². The summed E-state index contributed by atoms with van der Waals surface area (Å²) < 4.78 is 32.4. The molecule has 1 heterocycles. The van der Waals surface area contributed by atoms with Crippen LogP contribution in [0.25, 0.3) is 0 Å². The molecule has 2 rings (SSSR count). The fourth-order valence-electron chi connectivity index (χ4n) is 2.52. The van der Waals surface area contributed by atoms with Crippen LogP contribution in [0.4, 0.5) is 5.69 Å². The van der Waals surface area contributed by atoms with Gasteiger partial charge in [0, 0.05) is 25.4 Å². The standard InChI is InChI=1S/C16H24N2O5S/c1-2-3-8-18-24(21,22)13-6-7-15(14(10-13)16(19)20)17-11-12-5-4-9-23-12/h6-7,10,12,17-18H,2-5,8-9,11H2,1H3,(H,19,20)/t12-/m0/s1. The lowest BCUT2D eigenvalue weighted by atomic mass is 10.1. The number of hydrogen-bond acceptors (Lipinski definition) is 5. The third-order valence-electron chi connectivity index (χ3n) is 3.90. The molecule has 1 aromatic rings. The Bertz CT molecular complexity index is 669. The van der Waals surface area contributed by atoms with E-state index in [1.807, 2.05) is 6.92 Å². The van der Waals surface area contributed by atoms with Gasteiger partial charge in [-0.3, -0.25) is 0 Å². The van der Waals surface area contributed by atoms with Gasteiger partial charge in [-0.15, -0.1) is 0 Å². The quantitative estimate of drug-likeness (QED) is 0.585. The van der Waals surface area contributed by atoms with Crippen molar-refractivity contribution in [2.75, 3.05) is 25.0 Å². The number of hydrogen-bond donors (Lipinski definition) is 3. The molecular formula is C16H24N2O5S. The summed E-state index contributed by atoms with van der Waals surface area (Å²) in [6.45, 7) is 3.52. The summed E-state index contributed by atoms with van der Waals surface area (Å²) in [6.07, 6.45) is 3.59. The minimum absolute atomic E-state index is 0.0429. The molecule has 1 saturated heterocycles. The van der Waals surface area contributed by atoms with Crippen molar-refractivity contribution < 1.29 is 23.1 Å². The lowest BCUT2D eigenvalue weighted by Gasteiger charge is -2.15. The average molecular weight is 356 g/mol. The lowest BCUT2D eigenvalue weighted by Crippen LogP contribution is -2.25. The zero-order chi connectivity index (χ0) is 17.6. The van der Waals surface area contributed by atoms with Gasteiger partial charge in [-0.05, 0) is 37.5 Å². The highest BCUT2D eigenvalue weighted by atomic mass is 32.2. The van der Waals surface area contributed by atoms with Crippen LogP contribution in [0.15, 0.2) is 23.1 Å². The number of carboxylic acids is 1. The Morgan fingerprint density at radius 2 is 2.21 bits per heavy atom. The first kappa shape index (κ1) is 18.7. The molecule has 0 saturated carbocycles. The van der Waals surface area contributed by atoms with Crippen molar-refractivity contribution in [2.45, 2.75) is 43.6 Å². The van der Waals surface area contributed by atoms with Gasteiger partial charge in [0.1, 0.15) is 0 Å². The Morgan fingerprint density at radius 1 is 1.42 bits per heavy atom. The highest BCUT2D eigenvalue weighted by Crippen LogP contribution is 2.22. The maximum atomic E-state index is 12.2. The normalized spacial score (nSPS) is 17.8. The number of aromatic carboxylic acids is 1. The largest absolute Gasteiger partial charge is 0.478 e. The van der Waals surface area contributed by atoms with Crippen molar-refractivity contribution in [3.63, 3.8) is 0 Å². The smallest absolute Gasteiger partial charge is 0.337 e. The molecule has 7 nitrogen and oxygen atoms in total. The number of nitrogens with one attached hydrogen (secondary N) is 2. The fourth-order valence-corrected chi connectivity index (χ4v) is 3.62. The van der Waals surface area contributed by atoms with E-state index in [2.05, 4.69) is 10.0 Å². The molecule has 8 heteroatoms. The molecule has 0 aliphatic carbocycles. The summed E-state index contributed by atoms with van der Waals surface area (Å²) in [5.74, 6) is -1.17. The first-order chi connectivity index (χ1) is 11.4. The first-order valence-electron chi connectivity index (χ1n) is 8.16. The van der Waals surface area contributed by atoms with E-state index in [1.54, 1.807) is 0 Å². The van der Waals surface area contributed by atoms with Crippen LogP contribution in [0.3, 0.4) is 0 Å². The number of carbonyl (C=O) groups is 1. The predicted octanol–water partition coefficient (Wildman–Crippen LogP) is 2.05. The van der Waals surface area contributed by atoms with Gasteiger partial charge in [0.15, 0.2) is 0 Å². The van der Waals surface area contributed by atoms with Crippen molar-refractivity contribution in [3.8, 4) is 0 Å². The molecule has 0 bridgehead atoms. The van der Waals surface area contributed by atoms with E-state index in [4.69, 9.17) is 4.74 Å². The molecule has 0 unspecified atom stereocenters. The molecule has 1 atom stereocenters. The van der Waals surface area contributed by atoms with Crippen LogP contribution in [-0.2, 0) is 14.8 Å². The molecule has 1 aliphatic heterocycles. The van der Waals surface area contributed by atoms with Crippen LogP contribution in [0.5, 0.6) is 0 Å². The Balaban J connectivity index is 2.14.